The van der Waals surface area contributed by atoms with E-state index in [1.807, 2.05) is 0 Å². The highest BCUT2D eigenvalue weighted by Gasteiger charge is 2.48. The minimum atomic E-state index is -4.56. The number of carbonyl (C=O) groups is 1. The molecule has 0 saturated carbocycles. The largest absolute Gasteiger partial charge is 0.465 e. The van der Waals surface area contributed by atoms with E-state index in [0.717, 1.165) is 0 Å². The van der Waals surface area contributed by atoms with Gasteiger partial charge in [-0.2, -0.15) is 13.2 Å². The van der Waals surface area contributed by atoms with Gasteiger partial charge in [0.05, 0.1) is 11.4 Å². The van der Waals surface area contributed by atoms with Crippen LogP contribution in [0.4, 0.5) is 23.7 Å². The maximum Gasteiger partial charge on any atom is 0.412 e. The molecular weight excluding hydrogens is 237 g/mol. The lowest BCUT2D eigenvalue weighted by Crippen LogP contribution is -2.51. The average molecular weight is 246 g/mol. The summed E-state index contributed by atoms with van der Waals surface area (Å²) in [6.07, 6.45) is -4.90. The van der Waals surface area contributed by atoms with Crippen LogP contribution >= 0.6 is 0 Å². The van der Waals surface area contributed by atoms with Crippen molar-refractivity contribution in [3.8, 4) is 0 Å². The molecule has 2 heterocycles. The lowest BCUT2D eigenvalue weighted by atomic mass is 10.00. The van der Waals surface area contributed by atoms with Crippen LogP contribution in [0.15, 0.2) is 18.3 Å². The van der Waals surface area contributed by atoms with Crippen LogP contribution in [0.5, 0.6) is 0 Å². The van der Waals surface area contributed by atoms with E-state index in [1.54, 1.807) is 0 Å². The lowest BCUT2D eigenvalue weighted by Gasteiger charge is -2.35. The maximum atomic E-state index is 12.7. The highest BCUT2D eigenvalue weighted by atomic mass is 19.4. The average Bonchev–Trinajstić information content (AvgIpc) is 2.26. The monoisotopic (exact) mass is 246 g/mol. The number of hydrogen-bond acceptors (Lipinski definition) is 2. The Morgan fingerprint density at radius 2 is 2.24 bits per heavy atom. The van der Waals surface area contributed by atoms with Crippen LogP contribution < -0.4 is 4.90 Å². The second-order valence-electron chi connectivity index (χ2n) is 3.72. The maximum absolute atomic E-state index is 12.7. The van der Waals surface area contributed by atoms with Crippen LogP contribution in [0.3, 0.4) is 0 Å². The number of carboxylic acid groups (broad SMARTS) is 1. The van der Waals surface area contributed by atoms with Gasteiger partial charge in [0, 0.05) is 6.20 Å². The quantitative estimate of drug-likeness (QED) is 0.764. The Hall–Kier alpha value is -1.79. The number of pyridine rings is 1. The Morgan fingerprint density at radius 1 is 1.53 bits per heavy atom. The van der Waals surface area contributed by atoms with Gasteiger partial charge in [-0.1, -0.05) is 0 Å². The molecule has 0 bridgehead atoms. The summed E-state index contributed by atoms with van der Waals surface area (Å²) in [5.74, 6) is 0. The van der Waals surface area contributed by atoms with Crippen LogP contribution in [-0.2, 0) is 6.42 Å². The molecule has 1 aromatic rings. The normalized spacial score (nSPS) is 19.9. The minimum absolute atomic E-state index is 0.0218. The highest BCUT2D eigenvalue weighted by Crippen LogP contribution is 2.37. The molecule has 0 fully saturated rings. The molecule has 92 valence electrons. The first-order chi connectivity index (χ1) is 7.91. The molecule has 1 unspecified atom stereocenters. The summed E-state index contributed by atoms with van der Waals surface area (Å²) in [6, 6.07) is 0.777. The first kappa shape index (κ1) is 11.7. The zero-order chi connectivity index (χ0) is 12.6. The fraction of sp³-hybridized carbons (Fsp3) is 0.400. The van der Waals surface area contributed by atoms with E-state index in [2.05, 4.69) is 4.98 Å². The molecule has 0 aliphatic carbocycles. The van der Waals surface area contributed by atoms with Crippen molar-refractivity contribution in [2.45, 2.75) is 25.1 Å². The Kier molecular flexibility index (Phi) is 2.68. The van der Waals surface area contributed by atoms with Gasteiger partial charge in [-0.05, 0) is 25.0 Å². The zero-order valence-corrected chi connectivity index (χ0v) is 8.61. The molecule has 17 heavy (non-hydrogen) atoms. The first-order valence-corrected chi connectivity index (χ1v) is 4.94. The molecule has 0 spiro atoms. The SMILES string of the molecule is O=C(O)N1c2cccnc2CCC1C(F)(F)F. The van der Waals surface area contributed by atoms with Gasteiger partial charge in [0.2, 0.25) is 0 Å². The van der Waals surface area contributed by atoms with Gasteiger partial charge >= 0.3 is 12.3 Å². The number of halogens is 3. The van der Waals surface area contributed by atoms with E-state index in [-0.39, 0.29) is 18.5 Å². The number of amides is 1. The number of aromatic nitrogens is 1. The number of alkyl halides is 3. The first-order valence-electron chi connectivity index (χ1n) is 4.94. The molecule has 1 N–H and O–H groups in total. The summed E-state index contributed by atoms with van der Waals surface area (Å²) in [4.78, 5) is 15.2. The molecule has 1 aromatic heterocycles. The van der Waals surface area contributed by atoms with Crippen LogP contribution in [0, 0.1) is 0 Å². The van der Waals surface area contributed by atoms with Gasteiger partial charge in [0.1, 0.15) is 6.04 Å². The number of rotatable bonds is 0. The standard InChI is InChI=1S/C10H9F3N2O2/c11-10(12,13)8-4-3-6-7(2-1-5-14-6)15(8)9(16)17/h1-2,5,8H,3-4H2,(H,16,17). The summed E-state index contributed by atoms with van der Waals surface area (Å²) >= 11 is 0. The van der Waals surface area contributed by atoms with E-state index in [4.69, 9.17) is 5.11 Å². The van der Waals surface area contributed by atoms with E-state index >= 15 is 0 Å². The predicted molar refractivity (Wildman–Crippen MR) is 52.9 cm³/mol. The molecule has 7 heteroatoms. The third-order valence-corrected chi connectivity index (χ3v) is 2.68. The molecule has 1 amide bonds. The number of aryl methyl sites for hydroxylation is 1. The van der Waals surface area contributed by atoms with E-state index in [9.17, 15) is 18.0 Å². The van der Waals surface area contributed by atoms with Gasteiger partial charge in [0.25, 0.3) is 0 Å². The van der Waals surface area contributed by atoms with Crippen molar-refractivity contribution in [3.05, 3.63) is 24.0 Å². The van der Waals surface area contributed by atoms with Gasteiger partial charge in [-0.15, -0.1) is 0 Å². The number of nitrogens with zero attached hydrogens (tertiary/aromatic N) is 2. The van der Waals surface area contributed by atoms with Crippen molar-refractivity contribution in [3.63, 3.8) is 0 Å². The Bertz CT molecular complexity index is 447. The summed E-state index contributed by atoms with van der Waals surface area (Å²) in [5, 5.41) is 8.92. The smallest absolute Gasteiger partial charge is 0.412 e. The highest BCUT2D eigenvalue weighted by molar-refractivity contribution is 5.88. The summed E-state index contributed by atoms with van der Waals surface area (Å²) in [7, 11) is 0. The van der Waals surface area contributed by atoms with Crippen molar-refractivity contribution >= 4 is 11.8 Å². The molecular formula is C10H9F3N2O2. The zero-order valence-electron chi connectivity index (χ0n) is 8.61. The molecule has 0 radical (unpaired) electrons. The Balaban J connectivity index is 2.47. The van der Waals surface area contributed by atoms with Crippen LogP contribution in [0.25, 0.3) is 0 Å². The number of hydrogen-bond donors (Lipinski definition) is 1. The van der Waals surface area contributed by atoms with E-state index < -0.39 is 18.3 Å². The van der Waals surface area contributed by atoms with Crippen LogP contribution in [0.2, 0.25) is 0 Å². The van der Waals surface area contributed by atoms with Crippen molar-refractivity contribution in [1.29, 1.82) is 0 Å². The molecule has 0 saturated heterocycles. The van der Waals surface area contributed by atoms with Gasteiger partial charge in [-0.25, -0.2) is 4.79 Å². The molecule has 1 aliphatic heterocycles. The van der Waals surface area contributed by atoms with Gasteiger partial charge in [-0.3, -0.25) is 9.88 Å². The van der Waals surface area contributed by atoms with E-state index in [0.29, 0.717) is 10.6 Å². The minimum Gasteiger partial charge on any atom is -0.465 e. The molecule has 1 atom stereocenters. The van der Waals surface area contributed by atoms with E-state index in [1.165, 1.54) is 18.3 Å². The molecule has 4 nitrogen and oxygen atoms in total. The van der Waals surface area contributed by atoms with Crippen molar-refractivity contribution in [2.75, 3.05) is 4.90 Å². The molecule has 2 rings (SSSR count). The summed E-state index contributed by atoms with van der Waals surface area (Å²) in [5.41, 5.74) is 0.406. The Morgan fingerprint density at radius 3 is 2.82 bits per heavy atom. The third-order valence-electron chi connectivity index (χ3n) is 2.68. The van der Waals surface area contributed by atoms with Gasteiger partial charge < -0.3 is 5.11 Å². The van der Waals surface area contributed by atoms with Crippen LogP contribution in [0.1, 0.15) is 12.1 Å². The van der Waals surface area contributed by atoms with Crippen molar-refractivity contribution < 1.29 is 23.1 Å². The Labute approximate surface area is 94.7 Å². The summed E-state index contributed by atoms with van der Waals surface area (Å²) in [6.45, 7) is 0. The topological polar surface area (TPSA) is 53.4 Å². The molecule has 1 aliphatic rings. The number of anilines is 1. The van der Waals surface area contributed by atoms with Gasteiger partial charge in [0.15, 0.2) is 0 Å². The fourth-order valence-electron chi connectivity index (χ4n) is 1.96. The van der Waals surface area contributed by atoms with Crippen molar-refractivity contribution in [1.82, 2.24) is 4.98 Å². The van der Waals surface area contributed by atoms with Crippen molar-refractivity contribution in [2.24, 2.45) is 0 Å². The molecule has 0 aromatic carbocycles. The van der Waals surface area contributed by atoms with Crippen LogP contribution in [-0.4, -0.2) is 28.4 Å². The fourth-order valence-corrected chi connectivity index (χ4v) is 1.96. The predicted octanol–water partition coefficient (Wildman–Crippen LogP) is 2.44. The second-order valence-corrected chi connectivity index (χ2v) is 3.72. The lowest BCUT2D eigenvalue weighted by molar-refractivity contribution is -0.149. The summed E-state index contributed by atoms with van der Waals surface area (Å²) < 4.78 is 38.2. The number of fused-ring (bicyclic) bond motifs is 1. The third kappa shape index (κ3) is 2.04. The second kappa shape index (κ2) is 3.90.